The molecular formula is C19H18N4O4S2. The van der Waals surface area contributed by atoms with Crippen molar-refractivity contribution in [3.05, 3.63) is 57.2 Å². The van der Waals surface area contributed by atoms with Crippen molar-refractivity contribution in [2.45, 2.75) is 0 Å². The molecule has 0 spiro atoms. The molecule has 2 fully saturated rings. The number of carbonyl (C=O) groups excluding carboxylic acids is 1. The Bertz CT molecular complexity index is 1010. The molecule has 0 atom stereocenters. The summed E-state index contributed by atoms with van der Waals surface area (Å²) in [5.74, 6) is 0.642. The highest BCUT2D eigenvalue weighted by atomic mass is 32.2. The number of furan rings is 1. The zero-order valence-electron chi connectivity index (χ0n) is 15.6. The first-order valence-corrected chi connectivity index (χ1v) is 10.2. The number of thiocarbonyl (C=S) groups is 1. The summed E-state index contributed by atoms with van der Waals surface area (Å²) in [5, 5.41) is 14.8. The van der Waals surface area contributed by atoms with Crippen LogP contribution in [0.4, 0.5) is 5.69 Å². The lowest BCUT2D eigenvalue weighted by Gasteiger charge is -2.37. The molecule has 0 aliphatic carbocycles. The number of hydrogen-bond acceptors (Lipinski definition) is 8. The van der Waals surface area contributed by atoms with Gasteiger partial charge in [0.1, 0.15) is 11.5 Å². The number of amides is 1. The molecule has 0 bridgehead atoms. The van der Waals surface area contributed by atoms with Gasteiger partial charge < -0.3 is 9.32 Å². The monoisotopic (exact) mass is 430 g/mol. The van der Waals surface area contributed by atoms with Crippen molar-refractivity contribution in [2.24, 2.45) is 0 Å². The number of hydrazine groups is 1. The highest BCUT2D eigenvalue weighted by Gasteiger charge is 2.37. The van der Waals surface area contributed by atoms with Crippen LogP contribution in [0.3, 0.4) is 0 Å². The van der Waals surface area contributed by atoms with Crippen molar-refractivity contribution in [3.63, 3.8) is 0 Å². The molecule has 29 heavy (non-hydrogen) atoms. The number of rotatable bonds is 4. The van der Waals surface area contributed by atoms with E-state index in [4.69, 9.17) is 16.6 Å². The van der Waals surface area contributed by atoms with Gasteiger partial charge in [0.15, 0.2) is 4.32 Å². The molecule has 10 heteroatoms. The molecule has 0 saturated carbocycles. The Morgan fingerprint density at radius 1 is 1.17 bits per heavy atom. The van der Waals surface area contributed by atoms with E-state index in [1.165, 1.54) is 17.8 Å². The van der Waals surface area contributed by atoms with E-state index in [0.29, 0.717) is 26.3 Å². The minimum absolute atomic E-state index is 0.0326. The summed E-state index contributed by atoms with van der Waals surface area (Å²) in [6.07, 6.45) is 1.63. The van der Waals surface area contributed by atoms with E-state index in [2.05, 4.69) is 4.90 Å². The smallest absolute Gasteiger partial charge is 0.281 e. The van der Waals surface area contributed by atoms with E-state index >= 15 is 0 Å². The van der Waals surface area contributed by atoms with Crippen molar-refractivity contribution in [3.8, 4) is 11.3 Å². The quantitative estimate of drug-likeness (QED) is 0.316. The predicted octanol–water partition coefficient (Wildman–Crippen LogP) is 3.22. The molecule has 150 valence electrons. The van der Waals surface area contributed by atoms with Crippen molar-refractivity contribution in [1.29, 1.82) is 0 Å². The topological polar surface area (TPSA) is 83.1 Å². The molecule has 0 radical (unpaired) electrons. The molecule has 4 rings (SSSR count). The van der Waals surface area contributed by atoms with E-state index in [-0.39, 0.29) is 11.6 Å². The SMILES string of the molecule is CN1CCN(N2C(=O)/C(=C/c3ccc(-c4ccccc4[N+](=O)[O-])o3)SC2=S)CC1. The number of piperazine rings is 1. The van der Waals surface area contributed by atoms with Crippen LogP contribution in [0.15, 0.2) is 45.7 Å². The van der Waals surface area contributed by atoms with Crippen LogP contribution in [0.1, 0.15) is 5.76 Å². The Balaban J connectivity index is 1.56. The molecular weight excluding hydrogens is 412 g/mol. The van der Waals surface area contributed by atoms with Crippen LogP contribution in [0.25, 0.3) is 17.4 Å². The van der Waals surface area contributed by atoms with Gasteiger partial charge in [-0.25, -0.2) is 10.0 Å². The zero-order valence-corrected chi connectivity index (χ0v) is 17.2. The first-order valence-electron chi connectivity index (χ1n) is 8.99. The first kappa shape index (κ1) is 19.8. The lowest BCUT2D eigenvalue weighted by Crippen LogP contribution is -2.54. The summed E-state index contributed by atoms with van der Waals surface area (Å²) in [7, 11) is 2.05. The molecule has 2 aromatic rings. The molecule has 3 heterocycles. The summed E-state index contributed by atoms with van der Waals surface area (Å²) < 4.78 is 6.27. The van der Waals surface area contributed by atoms with E-state index < -0.39 is 4.92 Å². The molecule has 0 unspecified atom stereocenters. The average Bonchev–Trinajstić information content (AvgIpc) is 3.27. The average molecular weight is 431 g/mol. The lowest BCUT2D eigenvalue weighted by molar-refractivity contribution is -0.384. The van der Waals surface area contributed by atoms with Crippen LogP contribution >= 0.6 is 24.0 Å². The van der Waals surface area contributed by atoms with E-state index in [1.54, 1.807) is 41.4 Å². The maximum atomic E-state index is 12.9. The molecule has 0 N–H and O–H groups in total. The highest BCUT2D eigenvalue weighted by Crippen LogP contribution is 2.36. The minimum atomic E-state index is -0.446. The third-order valence-corrected chi connectivity index (χ3v) is 6.09. The fourth-order valence-electron chi connectivity index (χ4n) is 3.24. The van der Waals surface area contributed by atoms with Gasteiger partial charge in [-0.2, -0.15) is 0 Å². The standard InChI is InChI=1S/C19H18N4O4S2/c1-20-8-10-21(11-9-20)22-18(24)17(29-19(22)28)12-13-6-7-16(27-13)14-4-2-3-5-15(14)23(25)26/h2-7,12H,8-11H2,1H3/b17-12-. The summed E-state index contributed by atoms with van der Waals surface area (Å²) >= 11 is 6.64. The van der Waals surface area contributed by atoms with Gasteiger partial charge in [-0.15, -0.1) is 0 Å². The lowest BCUT2D eigenvalue weighted by atomic mass is 10.1. The maximum Gasteiger partial charge on any atom is 0.281 e. The van der Waals surface area contributed by atoms with Gasteiger partial charge in [0.2, 0.25) is 0 Å². The van der Waals surface area contributed by atoms with Crippen molar-refractivity contribution < 1.29 is 14.1 Å². The number of para-hydroxylation sites is 1. The Morgan fingerprint density at radius 3 is 2.62 bits per heavy atom. The molecule has 8 nitrogen and oxygen atoms in total. The Labute approximate surface area is 176 Å². The number of nitro benzene ring substituents is 1. The second-order valence-corrected chi connectivity index (χ2v) is 8.40. The number of hydrogen-bond donors (Lipinski definition) is 0. The van der Waals surface area contributed by atoms with Crippen LogP contribution in [-0.2, 0) is 4.79 Å². The van der Waals surface area contributed by atoms with Crippen LogP contribution in [0.2, 0.25) is 0 Å². The van der Waals surface area contributed by atoms with Gasteiger partial charge in [0.05, 0.1) is 15.4 Å². The third-order valence-electron chi connectivity index (χ3n) is 4.80. The fraction of sp³-hybridized carbons (Fsp3) is 0.263. The number of likely N-dealkylation sites (N-methyl/N-ethyl adjacent to an activating group) is 1. The van der Waals surface area contributed by atoms with E-state index in [0.717, 1.165) is 26.2 Å². The Kier molecular flexibility index (Phi) is 5.50. The van der Waals surface area contributed by atoms with Gasteiger partial charge in [0, 0.05) is 38.3 Å². The number of nitro groups is 1. The minimum Gasteiger partial charge on any atom is -0.456 e. The summed E-state index contributed by atoms with van der Waals surface area (Å²) in [4.78, 5) is 26.4. The normalized spacial score (nSPS) is 20.0. The van der Waals surface area contributed by atoms with Gasteiger partial charge in [-0.05, 0) is 25.2 Å². The number of thioether (sulfide) groups is 1. The van der Waals surface area contributed by atoms with Gasteiger partial charge in [0.25, 0.3) is 11.6 Å². The van der Waals surface area contributed by atoms with Crippen LogP contribution in [0.5, 0.6) is 0 Å². The number of benzene rings is 1. The van der Waals surface area contributed by atoms with Crippen LogP contribution in [0, 0.1) is 10.1 Å². The van der Waals surface area contributed by atoms with Gasteiger partial charge in [-0.1, -0.05) is 36.1 Å². The fourth-order valence-corrected chi connectivity index (χ4v) is 4.53. The van der Waals surface area contributed by atoms with E-state index in [1.807, 2.05) is 12.1 Å². The molecule has 1 aromatic carbocycles. The molecule has 2 aliphatic rings. The zero-order chi connectivity index (χ0) is 20.5. The molecule has 1 aromatic heterocycles. The van der Waals surface area contributed by atoms with Crippen LogP contribution < -0.4 is 0 Å². The van der Waals surface area contributed by atoms with Crippen molar-refractivity contribution in [1.82, 2.24) is 14.9 Å². The second kappa shape index (κ2) is 8.07. The summed E-state index contributed by atoms with van der Waals surface area (Å²) in [6.45, 7) is 3.21. The molecule has 2 saturated heterocycles. The van der Waals surface area contributed by atoms with Crippen LogP contribution in [-0.4, -0.2) is 63.3 Å². The van der Waals surface area contributed by atoms with Crippen molar-refractivity contribution in [2.75, 3.05) is 33.2 Å². The Hall–Kier alpha value is -2.53. The number of nitrogens with zero attached hydrogens (tertiary/aromatic N) is 4. The first-order chi connectivity index (χ1) is 13.9. The van der Waals surface area contributed by atoms with E-state index in [9.17, 15) is 14.9 Å². The van der Waals surface area contributed by atoms with Crippen molar-refractivity contribution >= 4 is 46.0 Å². The largest absolute Gasteiger partial charge is 0.456 e. The molecule has 1 amide bonds. The molecule has 2 aliphatic heterocycles. The highest BCUT2D eigenvalue weighted by molar-refractivity contribution is 8.26. The summed E-state index contributed by atoms with van der Waals surface area (Å²) in [6, 6.07) is 9.73. The maximum absolute atomic E-state index is 12.9. The summed E-state index contributed by atoms with van der Waals surface area (Å²) in [5.41, 5.74) is 0.358. The van der Waals surface area contributed by atoms with Gasteiger partial charge >= 0.3 is 0 Å². The van der Waals surface area contributed by atoms with Gasteiger partial charge in [-0.3, -0.25) is 14.9 Å². The second-order valence-electron chi connectivity index (χ2n) is 6.73. The predicted molar refractivity (Wildman–Crippen MR) is 115 cm³/mol. The Morgan fingerprint density at radius 2 is 1.90 bits per heavy atom. The third kappa shape index (κ3) is 3.97. The number of carbonyl (C=O) groups is 1.